The van der Waals surface area contributed by atoms with E-state index in [2.05, 4.69) is 15.0 Å². The lowest BCUT2D eigenvalue weighted by Crippen LogP contribution is -2.37. The number of nitrogens with zero attached hydrogens (tertiary/aromatic N) is 7. The number of aliphatic hydroxyl groups excluding tert-OH is 2. The summed E-state index contributed by atoms with van der Waals surface area (Å²) < 4.78 is 12.4. The zero-order valence-corrected chi connectivity index (χ0v) is 16.7. The lowest BCUT2D eigenvalue weighted by atomic mass is 10.1. The first-order valence-corrected chi connectivity index (χ1v) is 9.29. The van der Waals surface area contributed by atoms with Gasteiger partial charge in [-0.2, -0.15) is 0 Å². The monoisotopic (exact) mass is 478 g/mol. The number of hydrogen-bond donors (Lipinski definition) is 3. The normalized spacial score (nSPS) is 22.1. The highest BCUT2D eigenvalue weighted by molar-refractivity contribution is 5.81. The molecule has 0 radical (unpaired) electrons. The lowest BCUT2D eigenvalue weighted by molar-refractivity contribution is -0.404. The number of benzene rings is 1. The fraction of sp³-hybridized carbons (Fsp3) is 0.312. The maximum atomic E-state index is 11.6. The van der Waals surface area contributed by atoms with E-state index in [4.69, 9.17) is 15.2 Å². The van der Waals surface area contributed by atoms with Gasteiger partial charge in [-0.15, -0.1) is 0 Å². The highest BCUT2D eigenvalue weighted by Gasteiger charge is 2.49. The van der Waals surface area contributed by atoms with Crippen LogP contribution in [-0.4, -0.2) is 69.4 Å². The van der Waals surface area contributed by atoms with E-state index in [0.29, 0.717) is 12.1 Å². The third-order valence-electron chi connectivity index (χ3n) is 5.05. The van der Waals surface area contributed by atoms with Gasteiger partial charge in [0.25, 0.3) is 11.4 Å². The molecule has 3 aromatic rings. The topological polar surface area (TPSA) is 258 Å². The number of nitrogen functional groups attached to an aromatic ring is 1. The fourth-order valence-electron chi connectivity index (χ4n) is 3.49. The minimum atomic E-state index is -1.64. The Bertz CT molecular complexity index is 1280. The largest absolute Gasteiger partial charge is 0.471 e. The minimum absolute atomic E-state index is 0.0140. The van der Waals surface area contributed by atoms with Crippen LogP contribution in [0.5, 0.6) is 5.75 Å². The molecule has 18 nitrogen and oxygen atoms in total. The summed E-state index contributed by atoms with van der Waals surface area (Å²) in [6.07, 6.45) is -3.51. The summed E-state index contributed by atoms with van der Waals surface area (Å²) in [5.41, 5.74) is 2.95. The number of aromatic nitrogens is 4. The van der Waals surface area contributed by atoms with Gasteiger partial charge in [-0.3, -0.25) is 34.9 Å². The molecule has 0 aliphatic carbocycles. The summed E-state index contributed by atoms with van der Waals surface area (Å²) in [6, 6.07) is 0.979. The SMILES string of the molecule is Nc1ncnc2c1ncn2[C@@H]1O[C@H](CO)[C@@H](O)[C@H]1Oc1c([N+](=O)[O-])cc([N+](=O)[O-])cc1[N+](=O)[O-]. The van der Waals surface area contributed by atoms with Crippen molar-refractivity contribution in [1.82, 2.24) is 19.5 Å². The molecule has 2 aromatic heterocycles. The molecule has 0 bridgehead atoms. The number of non-ortho nitro benzene ring substituents is 1. The van der Waals surface area contributed by atoms with Crippen LogP contribution >= 0.6 is 0 Å². The summed E-state index contributed by atoms with van der Waals surface area (Å²) in [6.45, 7) is -0.703. The minimum Gasteiger partial charge on any atom is -0.471 e. The Labute approximate surface area is 186 Å². The maximum absolute atomic E-state index is 11.6. The van der Waals surface area contributed by atoms with E-state index in [0.717, 1.165) is 6.33 Å². The molecule has 1 aromatic carbocycles. The molecule has 1 aliphatic heterocycles. The number of nitro benzene ring substituents is 3. The van der Waals surface area contributed by atoms with Crippen LogP contribution in [0.2, 0.25) is 0 Å². The van der Waals surface area contributed by atoms with E-state index in [9.17, 15) is 40.6 Å². The molecule has 1 aliphatic rings. The summed E-state index contributed by atoms with van der Waals surface area (Å²) in [7, 11) is 0. The van der Waals surface area contributed by atoms with Crippen molar-refractivity contribution >= 4 is 34.0 Å². The standard InChI is InChI=1S/C16H14N8O10/c17-14-10-15(19-4-18-14)21(5-20-10)16-13(11(26)9(3-25)33-16)34-12-7(23(29)30)1-6(22(27)28)2-8(12)24(31)32/h1-2,4-5,9,11,13,16,25-26H,3H2,(H2,17,18,19)/t9-,11-,13-,16-/m1/s1. The molecule has 1 fully saturated rings. The zero-order chi connectivity index (χ0) is 24.7. The number of nitrogens with two attached hydrogens (primary N) is 1. The number of aliphatic hydroxyl groups is 2. The number of fused-ring (bicyclic) bond motifs is 1. The van der Waals surface area contributed by atoms with Crippen molar-refractivity contribution in [2.45, 2.75) is 24.5 Å². The van der Waals surface area contributed by atoms with Crippen molar-refractivity contribution in [2.24, 2.45) is 0 Å². The maximum Gasteiger partial charge on any atom is 0.325 e. The summed E-state index contributed by atoms with van der Waals surface area (Å²) >= 11 is 0. The van der Waals surface area contributed by atoms with Gasteiger partial charge in [0.05, 0.1) is 39.8 Å². The van der Waals surface area contributed by atoms with E-state index >= 15 is 0 Å². The van der Waals surface area contributed by atoms with Crippen molar-refractivity contribution < 1.29 is 34.5 Å². The van der Waals surface area contributed by atoms with Gasteiger partial charge in [0, 0.05) is 0 Å². The van der Waals surface area contributed by atoms with Gasteiger partial charge in [-0.25, -0.2) is 15.0 Å². The summed E-state index contributed by atoms with van der Waals surface area (Å²) in [5.74, 6) is -0.935. The van der Waals surface area contributed by atoms with Crippen LogP contribution in [0.3, 0.4) is 0 Å². The number of hydrogen-bond acceptors (Lipinski definition) is 14. The molecular formula is C16H14N8O10. The molecular weight excluding hydrogens is 464 g/mol. The first-order chi connectivity index (χ1) is 16.1. The van der Waals surface area contributed by atoms with Crippen LogP contribution in [0.4, 0.5) is 22.9 Å². The van der Waals surface area contributed by atoms with E-state index in [1.54, 1.807) is 0 Å². The Morgan fingerprint density at radius 2 is 1.74 bits per heavy atom. The average Bonchev–Trinajstić information content (AvgIpc) is 3.35. The highest BCUT2D eigenvalue weighted by Crippen LogP contribution is 2.44. The molecule has 3 heterocycles. The lowest BCUT2D eigenvalue weighted by Gasteiger charge is -2.22. The Balaban J connectivity index is 1.85. The van der Waals surface area contributed by atoms with Crippen molar-refractivity contribution in [1.29, 1.82) is 0 Å². The first-order valence-electron chi connectivity index (χ1n) is 9.29. The molecule has 0 spiro atoms. The van der Waals surface area contributed by atoms with Crippen LogP contribution in [0.1, 0.15) is 6.23 Å². The molecule has 0 saturated carbocycles. The van der Waals surface area contributed by atoms with Crippen molar-refractivity contribution in [2.75, 3.05) is 12.3 Å². The van der Waals surface area contributed by atoms with Crippen LogP contribution in [0.15, 0.2) is 24.8 Å². The zero-order valence-electron chi connectivity index (χ0n) is 16.7. The molecule has 4 rings (SSSR count). The first kappa shape index (κ1) is 22.6. The highest BCUT2D eigenvalue weighted by atomic mass is 16.6. The molecule has 0 unspecified atom stereocenters. The summed E-state index contributed by atoms with van der Waals surface area (Å²) in [4.78, 5) is 42.9. The van der Waals surface area contributed by atoms with Crippen LogP contribution in [0.25, 0.3) is 11.2 Å². The van der Waals surface area contributed by atoms with Crippen LogP contribution in [-0.2, 0) is 4.74 Å². The number of nitro groups is 3. The Morgan fingerprint density at radius 3 is 2.29 bits per heavy atom. The van der Waals surface area contributed by atoms with Gasteiger partial charge in [-0.05, 0) is 0 Å². The molecule has 178 valence electrons. The number of rotatable bonds is 7. The number of anilines is 1. The predicted molar refractivity (Wildman–Crippen MR) is 108 cm³/mol. The second-order valence-corrected chi connectivity index (χ2v) is 6.99. The number of imidazole rings is 1. The quantitative estimate of drug-likeness (QED) is 0.294. The van der Waals surface area contributed by atoms with Crippen molar-refractivity contribution in [3.63, 3.8) is 0 Å². The Hall–Kier alpha value is -4.55. The second kappa shape index (κ2) is 8.42. The molecule has 0 amide bonds. The van der Waals surface area contributed by atoms with Gasteiger partial charge >= 0.3 is 11.4 Å². The van der Waals surface area contributed by atoms with Crippen LogP contribution in [0, 0.1) is 30.3 Å². The van der Waals surface area contributed by atoms with E-state index in [1.807, 2.05) is 0 Å². The second-order valence-electron chi connectivity index (χ2n) is 6.99. The third-order valence-corrected chi connectivity index (χ3v) is 5.05. The van der Waals surface area contributed by atoms with E-state index < -0.39 is 68.7 Å². The van der Waals surface area contributed by atoms with Gasteiger partial charge in [0.1, 0.15) is 24.1 Å². The van der Waals surface area contributed by atoms with E-state index in [1.165, 1.54) is 10.9 Å². The van der Waals surface area contributed by atoms with E-state index in [-0.39, 0.29) is 17.0 Å². The average molecular weight is 478 g/mol. The molecule has 4 N–H and O–H groups in total. The van der Waals surface area contributed by atoms with Gasteiger partial charge in [-0.1, -0.05) is 0 Å². The molecule has 34 heavy (non-hydrogen) atoms. The number of ether oxygens (including phenoxy) is 2. The van der Waals surface area contributed by atoms with Gasteiger partial charge in [0.2, 0.25) is 0 Å². The molecule has 4 atom stereocenters. The summed E-state index contributed by atoms with van der Waals surface area (Å²) in [5, 5.41) is 54.5. The molecule has 18 heteroatoms. The fourth-order valence-corrected chi connectivity index (χ4v) is 3.49. The van der Waals surface area contributed by atoms with Gasteiger partial charge < -0.3 is 25.4 Å². The van der Waals surface area contributed by atoms with Crippen molar-refractivity contribution in [3.05, 3.63) is 55.1 Å². The van der Waals surface area contributed by atoms with Gasteiger partial charge in [0.15, 0.2) is 23.8 Å². The molecule has 1 saturated heterocycles. The Morgan fingerprint density at radius 1 is 1.09 bits per heavy atom. The predicted octanol–water partition coefficient (Wildman–Crippen LogP) is -0.169. The smallest absolute Gasteiger partial charge is 0.325 e. The van der Waals surface area contributed by atoms with Crippen LogP contribution < -0.4 is 10.5 Å². The third kappa shape index (κ3) is 3.66. The Kier molecular flexibility index (Phi) is 5.61. The van der Waals surface area contributed by atoms with Crippen molar-refractivity contribution in [3.8, 4) is 5.75 Å².